The first kappa shape index (κ1) is 10.7. The Morgan fingerprint density at radius 2 is 2.06 bits per heavy atom. The molecule has 1 atom stereocenters. The minimum Gasteiger partial charge on any atom is -0.197 e. The van der Waals surface area contributed by atoms with Crippen LogP contribution < -0.4 is 0 Å². The number of para-hydroxylation sites is 1. The minimum absolute atomic E-state index is 0.156. The number of halogens is 1. The molecule has 0 amide bonds. The molecule has 1 aliphatic rings. The van der Waals surface area contributed by atoms with Crippen molar-refractivity contribution in [2.75, 3.05) is 0 Å². The quantitative estimate of drug-likeness (QED) is 0.780. The van der Waals surface area contributed by atoms with E-state index in [1.807, 2.05) is 30.3 Å². The van der Waals surface area contributed by atoms with E-state index >= 15 is 0 Å². The molecular weight excluding hydrogens is 236 g/mol. The van der Waals surface area contributed by atoms with E-state index in [0.29, 0.717) is 5.92 Å². The minimum atomic E-state index is 0.156. The molecule has 1 aromatic carbocycles. The molecule has 0 aliphatic heterocycles. The maximum Gasteiger partial charge on any atom is 0.158 e. The Labute approximate surface area is 105 Å². The van der Waals surface area contributed by atoms with Crippen LogP contribution in [0.2, 0.25) is 0 Å². The predicted molar refractivity (Wildman–Crippen MR) is 65.2 cm³/mol. The van der Waals surface area contributed by atoms with Crippen molar-refractivity contribution in [1.29, 1.82) is 0 Å². The molecule has 1 aliphatic carbocycles. The maximum absolute atomic E-state index is 6.32. The van der Waals surface area contributed by atoms with Crippen molar-refractivity contribution in [2.24, 2.45) is 5.92 Å². The van der Waals surface area contributed by atoms with Crippen LogP contribution in [0.3, 0.4) is 0 Å². The molecule has 2 aromatic rings. The summed E-state index contributed by atoms with van der Waals surface area (Å²) in [5, 5.41) is 12.0. The third-order valence-electron chi connectivity index (χ3n) is 3.05. The number of aromatic nitrogens is 4. The first-order chi connectivity index (χ1) is 8.34. The molecule has 3 rings (SSSR count). The van der Waals surface area contributed by atoms with E-state index in [1.54, 1.807) is 4.68 Å². The van der Waals surface area contributed by atoms with E-state index in [-0.39, 0.29) is 5.38 Å². The second kappa shape index (κ2) is 4.45. The summed E-state index contributed by atoms with van der Waals surface area (Å²) in [4.78, 5) is 0. The molecule has 0 radical (unpaired) electrons. The smallest absolute Gasteiger partial charge is 0.158 e. The zero-order valence-electron chi connectivity index (χ0n) is 9.33. The highest BCUT2D eigenvalue weighted by Gasteiger charge is 2.31. The van der Waals surface area contributed by atoms with E-state index in [9.17, 15) is 0 Å². The Morgan fingerprint density at radius 3 is 2.76 bits per heavy atom. The van der Waals surface area contributed by atoms with E-state index in [0.717, 1.165) is 17.9 Å². The number of hydrogen-bond acceptors (Lipinski definition) is 3. The zero-order chi connectivity index (χ0) is 11.7. The van der Waals surface area contributed by atoms with Gasteiger partial charge in [-0.25, -0.2) is 0 Å². The van der Waals surface area contributed by atoms with E-state index in [1.165, 1.54) is 12.8 Å². The number of rotatable bonds is 4. The van der Waals surface area contributed by atoms with Gasteiger partial charge in [0.15, 0.2) is 5.82 Å². The van der Waals surface area contributed by atoms with Crippen LogP contribution in [-0.4, -0.2) is 25.6 Å². The zero-order valence-corrected chi connectivity index (χ0v) is 10.1. The number of tetrazole rings is 1. The molecular formula is C12H13ClN4. The van der Waals surface area contributed by atoms with Gasteiger partial charge in [0, 0.05) is 11.8 Å². The highest BCUT2D eigenvalue weighted by atomic mass is 35.5. The molecule has 0 saturated heterocycles. The summed E-state index contributed by atoms with van der Waals surface area (Å²) < 4.78 is 1.76. The van der Waals surface area contributed by atoms with Crippen molar-refractivity contribution in [3.8, 4) is 5.69 Å². The summed E-state index contributed by atoms with van der Waals surface area (Å²) >= 11 is 6.32. The maximum atomic E-state index is 6.32. The van der Waals surface area contributed by atoms with Gasteiger partial charge in [0.2, 0.25) is 0 Å². The molecule has 1 fully saturated rings. The average molecular weight is 249 g/mol. The summed E-state index contributed by atoms with van der Waals surface area (Å²) in [6.07, 6.45) is 3.20. The first-order valence-corrected chi connectivity index (χ1v) is 6.25. The Balaban J connectivity index is 1.83. The van der Waals surface area contributed by atoms with Crippen molar-refractivity contribution >= 4 is 11.6 Å². The van der Waals surface area contributed by atoms with Gasteiger partial charge >= 0.3 is 0 Å². The van der Waals surface area contributed by atoms with Gasteiger partial charge in [-0.15, -0.1) is 16.7 Å². The molecule has 0 bridgehead atoms. The molecule has 88 valence electrons. The lowest BCUT2D eigenvalue weighted by Crippen LogP contribution is -2.11. The van der Waals surface area contributed by atoms with Gasteiger partial charge in [0.05, 0.1) is 5.69 Å². The van der Waals surface area contributed by atoms with Gasteiger partial charge < -0.3 is 0 Å². The van der Waals surface area contributed by atoms with Crippen molar-refractivity contribution in [1.82, 2.24) is 20.2 Å². The average Bonchev–Trinajstić information content (AvgIpc) is 3.12. The number of nitrogens with zero attached hydrogens (tertiary/aromatic N) is 4. The van der Waals surface area contributed by atoms with Crippen LogP contribution in [0.4, 0.5) is 0 Å². The Kier molecular flexibility index (Phi) is 2.81. The highest BCUT2D eigenvalue weighted by molar-refractivity contribution is 6.21. The Hall–Kier alpha value is -1.42. The van der Waals surface area contributed by atoms with Crippen molar-refractivity contribution in [3.05, 3.63) is 36.2 Å². The van der Waals surface area contributed by atoms with Crippen molar-refractivity contribution < 1.29 is 0 Å². The molecule has 0 spiro atoms. The van der Waals surface area contributed by atoms with Crippen LogP contribution in [0.25, 0.3) is 5.69 Å². The van der Waals surface area contributed by atoms with Gasteiger partial charge in [-0.05, 0) is 41.3 Å². The number of benzene rings is 1. The topological polar surface area (TPSA) is 43.6 Å². The van der Waals surface area contributed by atoms with E-state index in [4.69, 9.17) is 11.6 Å². The van der Waals surface area contributed by atoms with Gasteiger partial charge in [0.1, 0.15) is 0 Å². The standard InChI is InChI=1S/C12H13ClN4/c13-11(9-6-7-9)8-12-14-15-16-17(12)10-4-2-1-3-5-10/h1-5,9,11H,6-8H2. The molecule has 1 saturated carbocycles. The third kappa shape index (κ3) is 2.31. The molecule has 4 nitrogen and oxygen atoms in total. The van der Waals surface area contributed by atoms with Crippen LogP contribution in [0.5, 0.6) is 0 Å². The number of hydrogen-bond donors (Lipinski definition) is 0. The Bertz CT molecular complexity index is 492. The van der Waals surface area contributed by atoms with Crippen LogP contribution in [0, 0.1) is 5.92 Å². The Morgan fingerprint density at radius 1 is 1.29 bits per heavy atom. The predicted octanol–water partition coefficient (Wildman–Crippen LogP) is 2.22. The number of alkyl halides is 1. The van der Waals surface area contributed by atoms with Crippen molar-refractivity contribution in [2.45, 2.75) is 24.6 Å². The molecule has 17 heavy (non-hydrogen) atoms. The lowest BCUT2D eigenvalue weighted by Gasteiger charge is -2.07. The second-order valence-electron chi connectivity index (χ2n) is 4.40. The third-order valence-corrected chi connectivity index (χ3v) is 3.56. The van der Waals surface area contributed by atoms with Gasteiger partial charge in [-0.3, -0.25) is 0 Å². The fraction of sp³-hybridized carbons (Fsp3) is 0.417. The largest absolute Gasteiger partial charge is 0.197 e. The normalized spacial score (nSPS) is 17.0. The monoisotopic (exact) mass is 248 g/mol. The van der Waals surface area contributed by atoms with E-state index < -0.39 is 0 Å². The van der Waals surface area contributed by atoms with Crippen LogP contribution in [-0.2, 0) is 6.42 Å². The van der Waals surface area contributed by atoms with Gasteiger partial charge in [-0.1, -0.05) is 18.2 Å². The second-order valence-corrected chi connectivity index (χ2v) is 4.96. The summed E-state index contributed by atoms with van der Waals surface area (Å²) in [5.41, 5.74) is 0.979. The SMILES string of the molecule is ClC(Cc1nnnn1-c1ccccc1)C1CC1. The lowest BCUT2D eigenvalue weighted by molar-refractivity contribution is 0.681. The highest BCUT2D eigenvalue weighted by Crippen LogP contribution is 2.36. The van der Waals surface area contributed by atoms with Gasteiger partial charge in [0.25, 0.3) is 0 Å². The van der Waals surface area contributed by atoms with Crippen LogP contribution in [0.1, 0.15) is 18.7 Å². The fourth-order valence-electron chi connectivity index (χ4n) is 1.90. The first-order valence-electron chi connectivity index (χ1n) is 5.81. The molecule has 1 heterocycles. The molecule has 0 N–H and O–H groups in total. The van der Waals surface area contributed by atoms with Crippen LogP contribution >= 0.6 is 11.6 Å². The summed E-state index contributed by atoms with van der Waals surface area (Å²) in [6.45, 7) is 0. The van der Waals surface area contributed by atoms with E-state index in [2.05, 4.69) is 15.5 Å². The summed E-state index contributed by atoms with van der Waals surface area (Å²) in [5.74, 6) is 1.49. The summed E-state index contributed by atoms with van der Waals surface area (Å²) in [6, 6.07) is 9.89. The molecule has 1 unspecified atom stereocenters. The van der Waals surface area contributed by atoms with Crippen LogP contribution in [0.15, 0.2) is 30.3 Å². The summed E-state index contributed by atoms with van der Waals surface area (Å²) in [7, 11) is 0. The fourth-order valence-corrected chi connectivity index (χ4v) is 2.29. The van der Waals surface area contributed by atoms with Crippen molar-refractivity contribution in [3.63, 3.8) is 0 Å². The lowest BCUT2D eigenvalue weighted by atomic mass is 10.2. The molecule has 1 aromatic heterocycles. The molecule has 5 heteroatoms. The van der Waals surface area contributed by atoms with Gasteiger partial charge in [-0.2, -0.15) is 4.68 Å².